The van der Waals surface area contributed by atoms with Gasteiger partial charge in [0.1, 0.15) is 0 Å². The van der Waals surface area contributed by atoms with Crippen molar-refractivity contribution < 1.29 is 67.2 Å². The monoisotopic (exact) mass is 449 g/mol. The molecule has 7 nitrogen and oxygen atoms in total. The number of ether oxygens (including phenoxy) is 2. The molecule has 0 aromatic carbocycles. The van der Waals surface area contributed by atoms with Crippen LogP contribution in [0.15, 0.2) is 0 Å². The minimum absolute atomic E-state index is 0. The van der Waals surface area contributed by atoms with Crippen LogP contribution in [-0.2, 0) is 29.2 Å². The molecule has 0 aromatic rings. The summed E-state index contributed by atoms with van der Waals surface area (Å²) in [6.45, 7) is -4.55. The molecule has 1 atom stereocenters. The van der Waals surface area contributed by atoms with Crippen LogP contribution in [0.25, 0.3) is 0 Å². The molecule has 0 saturated heterocycles. The smallest absolute Gasteiger partial charge is 0.340 e. The van der Waals surface area contributed by atoms with Gasteiger partial charge in [-0.05, 0) is 0 Å². The Kier molecular flexibility index (Phi) is 11.3. The third kappa shape index (κ3) is 9.87. The van der Waals surface area contributed by atoms with E-state index in [-0.39, 0.29) is 29.6 Å². The molecule has 0 aromatic heterocycles. The van der Waals surface area contributed by atoms with Gasteiger partial charge < -0.3 is 9.47 Å². The Morgan fingerprint density at radius 2 is 1.26 bits per heavy atom. The number of alkyl halides is 8. The molecule has 0 aliphatic rings. The Bertz CT molecular complexity index is 613. The standard InChI is InChI=1S/C10H10F8O7S.Na/c11-7(12)9(15,16)2-24-5(19)1-4(26(21,22)23)6(20)25-3-10(17,18)8(13)14;/h4,7-8H,1-3H2,(H,21,22,23);. The largest absolute Gasteiger partial charge is 0.459 e. The predicted octanol–water partition coefficient (Wildman–Crippen LogP) is 1.14. The van der Waals surface area contributed by atoms with E-state index in [0.29, 0.717) is 0 Å². The van der Waals surface area contributed by atoms with Gasteiger partial charge in [0.15, 0.2) is 18.5 Å². The van der Waals surface area contributed by atoms with E-state index >= 15 is 0 Å². The molecule has 27 heavy (non-hydrogen) atoms. The first-order chi connectivity index (χ1) is 11.5. The van der Waals surface area contributed by atoms with E-state index < -0.39 is 71.6 Å². The molecule has 0 aliphatic heterocycles. The van der Waals surface area contributed by atoms with Crippen LogP contribution in [0.3, 0.4) is 0 Å². The van der Waals surface area contributed by atoms with Gasteiger partial charge in [-0.1, -0.05) is 0 Å². The first kappa shape index (κ1) is 28.5. The van der Waals surface area contributed by atoms with E-state index in [0.717, 1.165) is 0 Å². The van der Waals surface area contributed by atoms with Crippen molar-refractivity contribution in [3.8, 4) is 0 Å². The van der Waals surface area contributed by atoms with Crippen molar-refractivity contribution in [2.45, 2.75) is 36.4 Å². The fourth-order valence-electron chi connectivity index (χ4n) is 1.08. The number of carbonyl (C=O) groups excluding carboxylic acids is 2. The van der Waals surface area contributed by atoms with Crippen LogP contribution in [0, 0.1) is 0 Å². The van der Waals surface area contributed by atoms with Gasteiger partial charge in [-0.25, -0.2) is 17.6 Å². The molecular weight excluding hydrogens is 439 g/mol. The second-order valence-corrected chi connectivity index (χ2v) is 6.20. The van der Waals surface area contributed by atoms with E-state index in [1.807, 2.05) is 0 Å². The van der Waals surface area contributed by atoms with E-state index in [9.17, 15) is 53.1 Å². The fourth-order valence-corrected chi connectivity index (χ4v) is 1.74. The Hall–Kier alpha value is -0.710. The van der Waals surface area contributed by atoms with Gasteiger partial charge >= 0.3 is 36.6 Å². The zero-order valence-electron chi connectivity index (χ0n) is 13.2. The Labute approximate surface area is 168 Å². The molecule has 0 saturated carbocycles. The van der Waals surface area contributed by atoms with Crippen molar-refractivity contribution >= 4 is 51.6 Å². The van der Waals surface area contributed by atoms with Gasteiger partial charge in [0.2, 0.25) is 0 Å². The third-order valence-corrected chi connectivity index (χ3v) is 3.52. The van der Waals surface area contributed by atoms with Gasteiger partial charge in [0, 0.05) is 29.6 Å². The molecule has 0 bridgehead atoms. The maximum absolute atomic E-state index is 12.6. The van der Waals surface area contributed by atoms with Gasteiger partial charge in [-0.15, -0.1) is 0 Å². The van der Waals surface area contributed by atoms with Crippen LogP contribution in [0.2, 0.25) is 0 Å². The molecule has 0 heterocycles. The Morgan fingerprint density at radius 3 is 1.59 bits per heavy atom. The second kappa shape index (κ2) is 10.7. The summed E-state index contributed by atoms with van der Waals surface area (Å²) in [4.78, 5) is 22.4. The summed E-state index contributed by atoms with van der Waals surface area (Å²) in [6, 6.07) is 0. The average molecular weight is 449 g/mol. The van der Waals surface area contributed by atoms with Crippen LogP contribution in [0.1, 0.15) is 6.42 Å². The number of rotatable bonds is 10. The minimum Gasteiger partial charge on any atom is -0.459 e. The average Bonchev–Trinajstić information content (AvgIpc) is 2.47. The molecular formula is C10H10F8NaO7S. The molecule has 0 spiro atoms. The molecule has 155 valence electrons. The summed E-state index contributed by atoms with van der Waals surface area (Å²) >= 11 is 0. The number of hydrogen-bond acceptors (Lipinski definition) is 6. The molecule has 1 radical (unpaired) electrons. The molecule has 0 aliphatic carbocycles. The molecule has 0 amide bonds. The SMILES string of the molecule is O=C(CC(C(=O)OCC(F)(F)C(F)F)S(=O)(=O)O)OCC(F)(F)C(F)F.[Na]. The van der Waals surface area contributed by atoms with Crippen LogP contribution < -0.4 is 0 Å². The third-order valence-electron chi connectivity index (χ3n) is 2.45. The summed E-state index contributed by atoms with van der Waals surface area (Å²) in [5.74, 6) is -14.0. The minimum atomic E-state index is -5.56. The molecule has 1 unspecified atom stereocenters. The van der Waals surface area contributed by atoms with Crippen molar-refractivity contribution in [3.63, 3.8) is 0 Å². The zero-order chi connectivity index (χ0) is 20.9. The summed E-state index contributed by atoms with van der Waals surface area (Å²) in [5.41, 5.74) is 0. The zero-order valence-corrected chi connectivity index (χ0v) is 16.0. The topological polar surface area (TPSA) is 107 Å². The first-order valence-electron chi connectivity index (χ1n) is 6.11. The van der Waals surface area contributed by atoms with Crippen molar-refractivity contribution in [1.82, 2.24) is 0 Å². The summed E-state index contributed by atoms with van der Waals surface area (Å²) in [5, 5.41) is -3.00. The quantitative estimate of drug-likeness (QED) is 0.231. The van der Waals surface area contributed by atoms with E-state index in [2.05, 4.69) is 9.47 Å². The van der Waals surface area contributed by atoms with Crippen LogP contribution in [-0.4, -0.2) is 97.6 Å². The molecule has 17 heteroatoms. The summed E-state index contributed by atoms with van der Waals surface area (Å²) in [6.07, 6.45) is -10.4. The summed E-state index contributed by atoms with van der Waals surface area (Å²) < 4.78 is 135. The second-order valence-electron chi connectivity index (χ2n) is 4.60. The van der Waals surface area contributed by atoms with Crippen molar-refractivity contribution in [2.24, 2.45) is 0 Å². The maximum atomic E-state index is 12.6. The fraction of sp³-hybridized carbons (Fsp3) is 0.800. The molecule has 1 N–H and O–H groups in total. The van der Waals surface area contributed by atoms with Gasteiger partial charge in [0.05, 0.1) is 6.42 Å². The molecule has 0 fully saturated rings. The van der Waals surface area contributed by atoms with Gasteiger partial charge in [0.25, 0.3) is 10.1 Å². The molecule has 0 rings (SSSR count). The summed E-state index contributed by atoms with van der Waals surface area (Å²) in [7, 11) is -5.56. The first-order valence-corrected chi connectivity index (χ1v) is 7.61. The van der Waals surface area contributed by atoms with Gasteiger partial charge in [-0.3, -0.25) is 14.1 Å². The van der Waals surface area contributed by atoms with E-state index in [4.69, 9.17) is 4.55 Å². The Morgan fingerprint density at radius 1 is 0.889 bits per heavy atom. The van der Waals surface area contributed by atoms with Crippen molar-refractivity contribution in [2.75, 3.05) is 13.2 Å². The van der Waals surface area contributed by atoms with Gasteiger partial charge in [-0.2, -0.15) is 26.0 Å². The van der Waals surface area contributed by atoms with Crippen molar-refractivity contribution in [1.29, 1.82) is 0 Å². The number of carbonyl (C=O) groups is 2. The van der Waals surface area contributed by atoms with Crippen LogP contribution >= 0.6 is 0 Å². The maximum Gasteiger partial charge on any atom is 0.340 e. The van der Waals surface area contributed by atoms with Crippen LogP contribution in [0.4, 0.5) is 35.1 Å². The normalized spacial score (nSPS) is 13.9. The van der Waals surface area contributed by atoms with Crippen molar-refractivity contribution in [3.05, 3.63) is 0 Å². The number of hydrogen-bond donors (Lipinski definition) is 1. The number of halogens is 8. The number of esters is 2. The predicted molar refractivity (Wildman–Crippen MR) is 69.5 cm³/mol. The Balaban J connectivity index is 0. The van der Waals surface area contributed by atoms with E-state index in [1.165, 1.54) is 0 Å². The van der Waals surface area contributed by atoms with Crippen LogP contribution in [0.5, 0.6) is 0 Å². The van der Waals surface area contributed by atoms with E-state index in [1.54, 1.807) is 0 Å².